The lowest BCUT2D eigenvalue weighted by atomic mass is 9.99. The van der Waals surface area contributed by atoms with Crippen molar-refractivity contribution in [2.24, 2.45) is 4.99 Å². The third-order valence-corrected chi connectivity index (χ3v) is 6.51. The smallest absolute Gasteiger partial charge is 0.387 e. The summed E-state index contributed by atoms with van der Waals surface area (Å²) in [6.45, 7) is 1.40. The third-order valence-electron chi connectivity index (χ3n) is 5.55. The molecule has 2 aromatic rings. The van der Waals surface area contributed by atoms with Crippen molar-refractivity contribution in [2.45, 2.75) is 51.8 Å². The predicted molar refractivity (Wildman–Crippen MR) is 124 cm³/mol. The number of hydrogen-bond donors (Lipinski definition) is 0. The number of ether oxygens (including phenoxy) is 1. The number of halogens is 2. The second kappa shape index (κ2) is 9.83. The molecular weight excluding hydrogens is 432 g/mol. The lowest BCUT2D eigenvalue weighted by Gasteiger charge is -2.43. The van der Waals surface area contributed by atoms with E-state index in [-0.39, 0.29) is 23.7 Å². The highest BCUT2D eigenvalue weighted by Crippen LogP contribution is 2.38. The summed E-state index contributed by atoms with van der Waals surface area (Å²) in [5.41, 5.74) is 1.50. The summed E-state index contributed by atoms with van der Waals surface area (Å²) < 4.78 is 29.2. The van der Waals surface area contributed by atoms with E-state index in [4.69, 9.17) is 4.99 Å². The van der Waals surface area contributed by atoms with E-state index in [1.54, 1.807) is 23.2 Å². The molecular formula is C24H25F2N3O2S. The van der Waals surface area contributed by atoms with E-state index in [2.05, 4.69) is 23.6 Å². The van der Waals surface area contributed by atoms with Gasteiger partial charge >= 0.3 is 6.61 Å². The molecule has 2 aromatic carbocycles. The zero-order valence-corrected chi connectivity index (χ0v) is 18.8. The zero-order valence-electron chi connectivity index (χ0n) is 17.9. The van der Waals surface area contributed by atoms with Gasteiger partial charge in [-0.1, -0.05) is 36.8 Å². The molecule has 0 unspecified atom stereocenters. The highest BCUT2D eigenvalue weighted by molar-refractivity contribution is 8.18. The number of amides is 1. The first-order chi connectivity index (χ1) is 15.4. The molecule has 2 heterocycles. The minimum atomic E-state index is -2.87. The van der Waals surface area contributed by atoms with Gasteiger partial charge in [-0.2, -0.15) is 8.78 Å². The van der Waals surface area contributed by atoms with Crippen molar-refractivity contribution in [2.75, 3.05) is 0 Å². The molecule has 4 rings (SSSR count). The molecule has 8 heteroatoms. The summed E-state index contributed by atoms with van der Waals surface area (Å²) in [4.78, 5) is 18.8. The zero-order chi connectivity index (χ0) is 22.7. The molecule has 168 valence electrons. The molecule has 0 N–H and O–H groups in total. The summed E-state index contributed by atoms with van der Waals surface area (Å²) in [5, 5.41) is 4.47. The van der Waals surface area contributed by atoms with Crippen LogP contribution >= 0.6 is 11.8 Å². The molecule has 1 amide bonds. The Hall–Kier alpha value is -2.71. The first-order valence-electron chi connectivity index (χ1n) is 10.6. The Balaban J connectivity index is 1.67. The Kier molecular flexibility index (Phi) is 6.91. The maximum Gasteiger partial charge on any atom is 0.387 e. The average molecular weight is 458 g/mol. The number of benzene rings is 2. The first kappa shape index (κ1) is 22.5. The molecule has 2 saturated heterocycles. The van der Waals surface area contributed by atoms with Crippen LogP contribution in [0.2, 0.25) is 0 Å². The summed E-state index contributed by atoms with van der Waals surface area (Å²) in [6, 6.07) is 16.2. The predicted octanol–water partition coefficient (Wildman–Crippen LogP) is 6.07. The molecule has 2 aliphatic rings. The Morgan fingerprint density at radius 1 is 1.06 bits per heavy atom. The van der Waals surface area contributed by atoms with Gasteiger partial charge in [0.1, 0.15) is 5.75 Å². The number of carbonyl (C=O) groups excluding carboxylic acids is 1. The maximum atomic E-state index is 13.5. The van der Waals surface area contributed by atoms with Crippen LogP contribution < -0.4 is 4.74 Å². The van der Waals surface area contributed by atoms with Gasteiger partial charge in [-0.25, -0.2) is 15.0 Å². The molecule has 0 spiro atoms. The van der Waals surface area contributed by atoms with Crippen LogP contribution in [0.15, 0.2) is 64.5 Å². The van der Waals surface area contributed by atoms with Crippen molar-refractivity contribution >= 4 is 34.6 Å². The molecule has 5 nitrogen and oxygen atoms in total. The van der Waals surface area contributed by atoms with Crippen molar-refractivity contribution in [3.8, 4) is 5.75 Å². The number of aliphatic imine (C=N–C) groups is 1. The highest BCUT2D eigenvalue weighted by Gasteiger charge is 2.42. The summed E-state index contributed by atoms with van der Waals surface area (Å²) >= 11 is 1.32. The standard InChI is InChI=1S/C24H25F2N3O2S/c1-16-7-6-8-17(2)28(16)29-22(30)21(32-24(29)27-19-9-4-3-5-10-19)15-18-11-13-20(14-12-18)31-23(25)26/h3-5,9-17,23H,6-8H2,1-2H3/b21-15+,27-24?/t16-,17-/m0/s1. The van der Waals surface area contributed by atoms with Crippen LogP contribution in [0.1, 0.15) is 38.7 Å². The van der Waals surface area contributed by atoms with Gasteiger partial charge in [0.25, 0.3) is 5.91 Å². The minimum absolute atomic E-state index is 0.0801. The van der Waals surface area contributed by atoms with Crippen molar-refractivity contribution in [3.63, 3.8) is 0 Å². The van der Waals surface area contributed by atoms with E-state index in [0.717, 1.165) is 30.5 Å². The fourth-order valence-corrected chi connectivity index (χ4v) is 5.03. The van der Waals surface area contributed by atoms with Crippen LogP contribution in [0.3, 0.4) is 0 Å². The van der Waals surface area contributed by atoms with Crippen molar-refractivity contribution in [1.29, 1.82) is 0 Å². The normalized spacial score (nSPS) is 24.7. The summed E-state index contributed by atoms with van der Waals surface area (Å²) in [6.07, 6.45) is 4.93. The monoisotopic (exact) mass is 457 g/mol. The van der Waals surface area contributed by atoms with Gasteiger partial charge < -0.3 is 4.74 Å². The molecule has 0 saturated carbocycles. The second-order valence-corrected chi connectivity index (χ2v) is 8.92. The van der Waals surface area contributed by atoms with Crippen LogP contribution in [0.25, 0.3) is 6.08 Å². The van der Waals surface area contributed by atoms with Gasteiger partial charge in [0, 0.05) is 12.1 Å². The Morgan fingerprint density at radius 2 is 1.72 bits per heavy atom. The lowest BCUT2D eigenvalue weighted by Crippen LogP contribution is -2.56. The average Bonchev–Trinajstić information content (AvgIpc) is 3.05. The third kappa shape index (κ3) is 5.02. The number of para-hydroxylation sites is 1. The topological polar surface area (TPSA) is 45.1 Å². The molecule has 0 radical (unpaired) electrons. The number of alkyl halides is 2. The molecule has 0 aliphatic carbocycles. The van der Waals surface area contributed by atoms with E-state index < -0.39 is 6.61 Å². The Labute approximate surface area is 190 Å². The van der Waals surface area contributed by atoms with Gasteiger partial charge in [0.15, 0.2) is 5.17 Å². The molecule has 2 aliphatic heterocycles. The second-order valence-electron chi connectivity index (χ2n) is 7.91. The fraction of sp³-hybridized carbons (Fsp3) is 0.333. The van der Waals surface area contributed by atoms with Crippen LogP contribution in [0.4, 0.5) is 14.5 Å². The van der Waals surface area contributed by atoms with Crippen LogP contribution in [-0.2, 0) is 4.79 Å². The fourth-order valence-electron chi connectivity index (χ4n) is 4.05. The minimum Gasteiger partial charge on any atom is -0.435 e. The number of thioether (sulfide) groups is 1. The molecule has 2 atom stereocenters. The molecule has 0 aromatic heterocycles. The molecule has 32 heavy (non-hydrogen) atoms. The largest absolute Gasteiger partial charge is 0.435 e. The van der Waals surface area contributed by atoms with Gasteiger partial charge in [-0.15, -0.1) is 0 Å². The maximum absolute atomic E-state index is 13.5. The number of rotatable bonds is 5. The molecule has 2 fully saturated rings. The van der Waals surface area contributed by atoms with E-state index in [1.807, 2.05) is 30.3 Å². The highest BCUT2D eigenvalue weighted by atomic mass is 32.2. The van der Waals surface area contributed by atoms with E-state index >= 15 is 0 Å². The quantitative estimate of drug-likeness (QED) is 0.511. The first-order valence-corrected chi connectivity index (χ1v) is 11.4. The van der Waals surface area contributed by atoms with Crippen molar-refractivity contribution < 1.29 is 18.3 Å². The van der Waals surface area contributed by atoms with Crippen molar-refractivity contribution in [3.05, 3.63) is 65.1 Å². The number of amidine groups is 1. The van der Waals surface area contributed by atoms with Crippen LogP contribution in [0, 0.1) is 0 Å². The van der Waals surface area contributed by atoms with Gasteiger partial charge in [0.05, 0.1) is 10.6 Å². The van der Waals surface area contributed by atoms with Crippen LogP contribution in [0.5, 0.6) is 5.75 Å². The lowest BCUT2D eigenvalue weighted by molar-refractivity contribution is -0.142. The number of hydrazine groups is 1. The Bertz CT molecular complexity index is 1000. The number of nitrogens with zero attached hydrogens (tertiary/aromatic N) is 3. The SMILES string of the molecule is C[C@H]1CCC[C@H](C)N1N1C(=O)/C(=C\c2ccc(OC(F)F)cc2)SC1=Nc1ccccc1. The van der Waals surface area contributed by atoms with Crippen LogP contribution in [-0.4, -0.2) is 39.8 Å². The Morgan fingerprint density at radius 3 is 2.34 bits per heavy atom. The summed E-state index contributed by atoms with van der Waals surface area (Å²) in [5.74, 6) is -0.0466. The van der Waals surface area contributed by atoms with E-state index in [0.29, 0.717) is 10.1 Å². The van der Waals surface area contributed by atoms with E-state index in [9.17, 15) is 13.6 Å². The van der Waals surface area contributed by atoms with Crippen molar-refractivity contribution in [1.82, 2.24) is 10.0 Å². The van der Waals surface area contributed by atoms with Gasteiger partial charge in [0.2, 0.25) is 0 Å². The molecule has 0 bridgehead atoms. The van der Waals surface area contributed by atoms with Gasteiger partial charge in [-0.3, -0.25) is 4.79 Å². The van der Waals surface area contributed by atoms with E-state index in [1.165, 1.54) is 23.9 Å². The number of hydrogen-bond acceptors (Lipinski definition) is 5. The number of carbonyl (C=O) groups is 1. The number of piperidine rings is 1. The van der Waals surface area contributed by atoms with Gasteiger partial charge in [-0.05, 0) is 74.4 Å². The summed E-state index contributed by atoms with van der Waals surface area (Å²) in [7, 11) is 0.